The Kier molecular flexibility index (Phi) is 12.2. The molecule has 11 heteroatoms. The van der Waals surface area contributed by atoms with Crippen LogP contribution < -0.4 is 20.9 Å². The van der Waals surface area contributed by atoms with Crippen molar-refractivity contribution in [2.45, 2.75) is 58.3 Å². The standard InChI is InChI=1S/C36H48N6O5/c1-36(2,3)47-35(46)39-32-10-7-6-9-31(32)38-33(44)27-13-11-26(12-14-27)25-42(22-8-21-41-23-19-30(43)20-24-41)34(45)37-28-15-17-29(18-16-28)40(4)5/h6-7,9-18,30,43H,8,19-25H2,1-5H3,(H,37,45)(H,38,44)(H,39,46). The number of carbonyl (C=O) groups is 3. The molecular weight excluding hydrogens is 596 g/mol. The van der Waals surface area contributed by atoms with E-state index in [9.17, 15) is 19.5 Å². The summed E-state index contributed by atoms with van der Waals surface area (Å²) in [6.07, 6.45) is 1.51. The predicted octanol–water partition coefficient (Wildman–Crippen LogP) is 6.23. The summed E-state index contributed by atoms with van der Waals surface area (Å²) in [5, 5.41) is 18.4. The largest absolute Gasteiger partial charge is 0.444 e. The van der Waals surface area contributed by atoms with Gasteiger partial charge in [-0.1, -0.05) is 24.3 Å². The van der Waals surface area contributed by atoms with Gasteiger partial charge in [0.05, 0.1) is 17.5 Å². The van der Waals surface area contributed by atoms with Gasteiger partial charge in [0, 0.05) is 57.2 Å². The van der Waals surface area contributed by atoms with Crippen LogP contribution in [0.15, 0.2) is 72.8 Å². The van der Waals surface area contributed by atoms with Gasteiger partial charge in [-0.25, -0.2) is 9.59 Å². The molecule has 0 aromatic heterocycles. The maximum atomic E-state index is 13.5. The molecule has 252 valence electrons. The Morgan fingerprint density at radius 1 is 0.872 bits per heavy atom. The van der Waals surface area contributed by atoms with Crippen LogP contribution >= 0.6 is 0 Å². The lowest BCUT2D eigenvalue weighted by molar-refractivity contribution is 0.0635. The highest BCUT2D eigenvalue weighted by molar-refractivity contribution is 6.06. The van der Waals surface area contributed by atoms with E-state index < -0.39 is 11.7 Å². The molecule has 3 aromatic carbocycles. The summed E-state index contributed by atoms with van der Waals surface area (Å²) in [7, 11) is 3.94. The summed E-state index contributed by atoms with van der Waals surface area (Å²) in [5.74, 6) is -0.336. The number of rotatable bonds is 11. The molecule has 3 aromatic rings. The van der Waals surface area contributed by atoms with Crippen molar-refractivity contribution in [3.63, 3.8) is 0 Å². The Morgan fingerprint density at radius 3 is 2.09 bits per heavy atom. The zero-order chi connectivity index (χ0) is 34.0. The quantitative estimate of drug-likeness (QED) is 0.195. The summed E-state index contributed by atoms with van der Waals surface area (Å²) < 4.78 is 5.34. The van der Waals surface area contributed by atoms with Gasteiger partial charge in [0.2, 0.25) is 0 Å². The first-order valence-corrected chi connectivity index (χ1v) is 16.1. The van der Waals surface area contributed by atoms with Crippen molar-refractivity contribution >= 4 is 40.8 Å². The second kappa shape index (κ2) is 16.3. The highest BCUT2D eigenvalue weighted by Gasteiger charge is 2.20. The summed E-state index contributed by atoms with van der Waals surface area (Å²) in [5.41, 5.74) is 3.28. The first kappa shape index (κ1) is 35.2. The second-order valence-corrected chi connectivity index (χ2v) is 13.0. The van der Waals surface area contributed by atoms with Crippen LogP contribution in [0.1, 0.15) is 56.0 Å². The van der Waals surface area contributed by atoms with Crippen molar-refractivity contribution in [2.24, 2.45) is 0 Å². The van der Waals surface area contributed by atoms with E-state index in [2.05, 4.69) is 20.9 Å². The maximum Gasteiger partial charge on any atom is 0.412 e. The molecule has 0 aliphatic carbocycles. The molecule has 1 saturated heterocycles. The van der Waals surface area contributed by atoms with Gasteiger partial charge < -0.3 is 35.2 Å². The summed E-state index contributed by atoms with van der Waals surface area (Å²) in [4.78, 5) is 45.1. The predicted molar refractivity (Wildman–Crippen MR) is 187 cm³/mol. The molecule has 0 atom stereocenters. The van der Waals surface area contributed by atoms with Crippen LogP contribution in [0, 0.1) is 0 Å². The van der Waals surface area contributed by atoms with E-state index in [0.717, 1.165) is 50.1 Å². The van der Waals surface area contributed by atoms with Crippen molar-refractivity contribution in [1.29, 1.82) is 0 Å². The Morgan fingerprint density at radius 2 is 1.49 bits per heavy atom. The number of aliphatic hydroxyl groups is 1. The van der Waals surface area contributed by atoms with E-state index >= 15 is 0 Å². The Hall–Kier alpha value is -4.61. The van der Waals surface area contributed by atoms with Gasteiger partial charge in [0.25, 0.3) is 5.91 Å². The van der Waals surface area contributed by atoms with Crippen LogP contribution in [0.25, 0.3) is 0 Å². The molecule has 0 bridgehead atoms. The van der Waals surface area contributed by atoms with Crippen molar-refractivity contribution in [3.8, 4) is 0 Å². The molecule has 1 aliphatic heterocycles. The van der Waals surface area contributed by atoms with Gasteiger partial charge >= 0.3 is 12.1 Å². The Bertz CT molecular complexity index is 1480. The fourth-order valence-corrected chi connectivity index (χ4v) is 5.22. The number of likely N-dealkylation sites (tertiary alicyclic amines) is 1. The van der Waals surface area contributed by atoms with Gasteiger partial charge in [-0.3, -0.25) is 10.1 Å². The van der Waals surface area contributed by atoms with Crippen LogP contribution in [0.3, 0.4) is 0 Å². The summed E-state index contributed by atoms with van der Waals surface area (Å²) >= 11 is 0. The zero-order valence-electron chi connectivity index (χ0n) is 28.1. The SMILES string of the molecule is CN(C)c1ccc(NC(=O)N(CCCN2CCC(O)CC2)Cc2ccc(C(=O)Nc3ccccc3NC(=O)OC(C)(C)C)cc2)cc1. The van der Waals surface area contributed by atoms with Crippen LogP contribution in [-0.2, 0) is 11.3 Å². The Balaban J connectivity index is 1.40. The first-order chi connectivity index (χ1) is 22.4. The minimum atomic E-state index is -0.657. The third-order valence-corrected chi connectivity index (χ3v) is 7.78. The van der Waals surface area contributed by atoms with Crippen molar-refractivity contribution in [2.75, 3.05) is 61.1 Å². The highest BCUT2D eigenvalue weighted by atomic mass is 16.6. The van der Waals surface area contributed by atoms with Gasteiger partial charge in [0.15, 0.2) is 0 Å². The number of anilines is 4. The van der Waals surface area contributed by atoms with Gasteiger partial charge in [0.1, 0.15) is 5.60 Å². The minimum Gasteiger partial charge on any atom is -0.444 e. The number of para-hydroxylation sites is 2. The topological polar surface area (TPSA) is 126 Å². The lowest BCUT2D eigenvalue weighted by Gasteiger charge is -2.30. The normalized spacial score (nSPS) is 13.8. The molecule has 0 saturated carbocycles. The number of ether oxygens (including phenoxy) is 1. The molecule has 1 fully saturated rings. The molecule has 4 amide bonds. The summed E-state index contributed by atoms with van der Waals surface area (Å²) in [6, 6.07) is 21.6. The molecule has 4 rings (SSSR count). The van der Waals surface area contributed by atoms with Crippen LogP contribution in [-0.4, -0.2) is 84.9 Å². The monoisotopic (exact) mass is 644 g/mol. The molecule has 1 heterocycles. The lowest BCUT2D eigenvalue weighted by Crippen LogP contribution is -2.39. The van der Waals surface area contributed by atoms with E-state index in [1.807, 2.05) is 55.4 Å². The summed E-state index contributed by atoms with van der Waals surface area (Å²) in [6.45, 7) is 8.81. The molecular formula is C36H48N6O5. The number of amides is 4. The number of piperidine rings is 1. The van der Waals surface area contributed by atoms with Gasteiger partial charge in [-0.15, -0.1) is 0 Å². The maximum absolute atomic E-state index is 13.5. The van der Waals surface area contributed by atoms with Crippen LogP contribution in [0.4, 0.5) is 32.3 Å². The minimum absolute atomic E-state index is 0.201. The number of nitrogens with one attached hydrogen (secondary N) is 3. The molecule has 4 N–H and O–H groups in total. The average Bonchev–Trinajstić information content (AvgIpc) is 3.02. The van der Waals surface area contributed by atoms with E-state index in [1.165, 1.54) is 0 Å². The smallest absolute Gasteiger partial charge is 0.412 e. The lowest BCUT2D eigenvalue weighted by atomic mass is 10.1. The molecule has 0 unspecified atom stereocenters. The fraction of sp³-hybridized carbons (Fsp3) is 0.417. The third kappa shape index (κ3) is 11.3. The first-order valence-electron chi connectivity index (χ1n) is 16.1. The van der Waals surface area contributed by atoms with Gasteiger partial charge in [-0.2, -0.15) is 0 Å². The van der Waals surface area contributed by atoms with Crippen LogP contribution in [0.2, 0.25) is 0 Å². The highest BCUT2D eigenvalue weighted by Crippen LogP contribution is 2.23. The molecule has 47 heavy (non-hydrogen) atoms. The number of hydrogen-bond donors (Lipinski definition) is 4. The van der Waals surface area contributed by atoms with Gasteiger partial charge in [-0.05, 0) is 101 Å². The van der Waals surface area contributed by atoms with Crippen molar-refractivity contribution in [3.05, 3.63) is 83.9 Å². The zero-order valence-corrected chi connectivity index (χ0v) is 28.1. The number of nitrogens with zero attached hydrogens (tertiary/aromatic N) is 3. The number of carbonyl (C=O) groups excluding carboxylic acids is 3. The number of benzene rings is 3. The fourth-order valence-electron chi connectivity index (χ4n) is 5.22. The van der Waals surface area contributed by atoms with E-state index in [1.54, 1.807) is 62.1 Å². The molecule has 11 nitrogen and oxygen atoms in total. The average molecular weight is 645 g/mol. The van der Waals surface area contributed by atoms with Crippen molar-refractivity contribution < 1.29 is 24.2 Å². The Labute approximate surface area is 277 Å². The van der Waals surface area contributed by atoms with Crippen LogP contribution in [0.5, 0.6) is 0 Å². The molecule has 1 aliphatic rings. The van der Waals surface area contributed by atoms with E-state index in [4.69, 9.17) is 4.74 Å². The number of hydrogen-bond acceptors (Lipinski definition) is 7. The number of aliphatic hydroxyl groups excluding tert-OH is 1. The van der Waals surface area contributed by atoms with E-state index in [-0.39, 0.29) is 18.0 Å². The number of urea groups is 1. The van der Waals surface area contributed by atoms with E-state index in [0.29, 0.717) is 35.7 Å². The molecule has 0 radical (unpaired) electrons. The third-order valence-electron chi connectivity index (χ3n) is 7.78. The molecule has 0 spiro atoms. The second-order valence-electron chi connectivity index (χ2n) is 13.0. The van der Waals surface area contributed by atoms with Crippen molar-refractivity contribution in [1.82, 2.24) is 9.80 Å².